The van der Waals surface area contributed by atoms with Crippen LogP contribution in [0.2, 0.25) is 0 Å². The van der Waals surface area contributed by atoms with E-state index in [2.05, 4.69) is 62.4 Å². The third kappa shape index (κ3) is 1.35. The van der Waals surface area contributed by atoms with E-state index in [1.54, 1.807) is 11.1 Å². The average Bonchev–Trinajstić information content (AvgIpc) is 2.91. The van der Waals surface area contributed by atoms with E-state index in [4.69, 9.17) is 0 Å². The Morgan fingerprint density at radius 3 is 2.43 bits per heavy atom. The minimum absolute atomic E-state index is 0.359. The summed E-state index contributed by atoms with van der Waals surface area (Å²) in [6.45, 7) is 4.73. The van der Waals surface area contributed by atoms with Crippen molar-refractivity contribution in [2.45, 2.75) is 26.7 Å². The smallest absolute Gasteiger partial charge is 0.0121 e. The largest absolute Gasteiger partial charge is 0.0722 e. The van der Waals surface area contributed by atoms with Gasteiger partial charge in [0.2, 0.25) is 0 Å². The van der Waals surface area contributed by atoms with Gasteiger partial charge in [-0.25, -0.2) is 0 Å². The van der Waals surface area contributed by atoms with E-state index < -0.39 is 0 Å². The van der Waals surface area contributed by atoms with Crippen molar-refractivity contribution >= 4 is 5.57 Å². The van der Waals surface area contributed by atoms with Gasteiger partial charge in [-0.3, -0.25) is 0 Å². The molecule has 5 rings (SSSR count). The standard InChI is InChI=1S/C21H18/c1-21(2)19-11-10-17(20(19)21)16-9-5-8-15-14-7-4-3-6-13(14)12-18(15)16/h3-10H,11-12H2,1-2H3. The first kappa shape index (κ1) is 11.6. The molecule has 3 aliphatic carbocycles. The summed E-state index contributed by atoms with van der Waals surface area (Å²) in [4.78, 5) is 0. The highest BCUT2D eigenvalue weighted by atomic mass is 14.5. The molecular formula is C21H18. The number of rotatable bonds is 1. The summed E-state index contributed by atoms with van der Waals surface area (Å²) >= 11 is 0. The average molecular weight is 270 g/mol. The molecule has 0 aliphatic heterocycles. The van der Waals surface area contributed by atoms with E-state index >= 15 is 0 Å². The second-order valence-electron chi connectivity index (χ2n) is 6.97. The Kier molecular flexibility index (Phi) is 1.96. The monoisotopic (exact) mass is 270 g/mol. The first-order chi connectivity index (χ1) is 10.2. The quantitative estimate of drug-likeness (QED) is 0.557. The molecule has 0 fully saturated rings. The van der Waals surface area contributed by atoms with Crippen molar-refractivity contribution in [1.82, 2.24) is 0 Å². The zero-order chi connectivity index (χ0) is 14.2. The topological polar surface area (TPSA) is 0 Å². The Balaban J connectivity index is 1.68. The van der Waals surface area contributed by atoms with E-state index in [9.17, 15) is 0 Å². The van der Waals surface area contributed by atoms with Gasteiger partial charge in [0, 0.05) is 5.41 Å². The molecule has 2 aromatic carbocycles. The maximum absolute atomic E-state index is 2.44. The molecule has 0 unspecified atom stereocenters. The van der Waals surface area contributed by atoms with E-state index in [0.29, 0.717) is 5.41 Å². The molecule has 0 heterocycles. The van der Waals surface area contributed by atoms with Gasteiger partial charge in [0.05, 0.1) is 0 Å². The highest BCUT2D eigenvalue weighted by molar-refractivity contribution is 5.95. The molecule has 0 heteroatoms. The Bertz CT molecular complexity index is 859. The van der Waals surface area contributed by atoms with Crippen molar-refractivity contribution in [3.05, 3.63) is 76.4 Å². The zero-order valence-electron chi connectivity index (χ0n) is 12.5. The van der Waals surface area contributed by atoms with E-state index in [0.717, 1.165) is 12.8 Å². The van der Waals surface area contributed by atoms with Crippen LogP contribution in [0.25, 0.3) is 16.7 Å². The minimum Gasteiger partial charge on any atom is -0.0722 e. The Morgan fingerprint density at radius 2 is 1.62 bits per heavy atom. The Hall–Kier alpha value is -2.08. The molecule has 21 heavy (non-hydrogen) atoms. The summed E-state index contributed by atoms with van der Waals surface area (Å²) in [7, 11) is 0. The molecule has 0 saturated carbocycles. The third-order valence-electron chi connectivity index (χ3n) is 5.54. The van der Waals surface area contributed by atoms with Crippen LogP contribution in [0.3, 0.4) is 0 Å². The van der Waals surface area contributed by atoms with Gasteiger partial charge in [-0.1, -0.05) is 68.0 Å². The molecule has 0 atom stereocenters. The second kappa shape index (κ2) is 3.57. The third-order valence-corrected chi connectivity index (χ3v) is 5.54. The Morgan fingerprint density at radius 1 is 0.857 bits per heavy atom. The van der Waals surface area contributed by atoms with Gasteiger partial charge in [-0.05, 0) is 51.8 Å². The van der Waals surface area contributed by atoms with Crippen molar-refractivity contribution in [2.75, 3.05) is 0 Å². The van der Waals surface area contributed by atoms with Crippen LogP contribution in [-0.4, -0.2) is 0 Å². The van der Waals surface area contributed by atoms with E-state index in [1.807, 2.05) is 0 Å². The summed E-state index contributed by atoms with van der Waals surface area (Å²) in [5.41, 5.74) is 12.5. The van der Waals surface area contributed by atoms with Crippen molar-refractivity contribution in [3.63, 3.8) is 0 Å². The maximum atomic E-state index is 2.44. The number of allylic oxidation sites excluding steroid dienone is 4. The van der Waals surface area contributed by atoms with Crippen LogP contribution in [0, 0.1) is 5.41 Å². The van der Waals surface area contributed by atoms with Gasteiger partial charge in [0.25, 0.3) is 0 Å². The zero-order valence-corrected chi connectivity index (χ0v) is 12.5. The predicted molar refractivity (Wildman–Crippen MR) is 88.1 cm³/mol. The molecule has 0 aromatic heterocycles. The first-order valence-corrected chi connectivity index (χ1v) is 7.83. The summed E-state index contributed by atoms with van der Waals surface area (Å²) in [5.74, 6) is 0. The molecule has 0 saturated heterocycles. The predicted octanol–water partition coefficient (Wildman–Crippen LogP) is 5.38. The van der Waals surface area contributed by atoms with Gasteiger partial charge in [-0.2, -0.15) is 0 Å². The molecule has 0 amide bonds. The van der Waals surface area contributed by atoms with Gasteiger partial charge >= 0.3 is 0 Å². The highest BCUT2D eigenvalue weighted by Gasteiger charge is 2.49. The fourth-order valence-corrected chi connectivity index (χ4v) is 4.36. The summed E-state index contributed by atoms with van der Waals surface area (Å²) in [5, 5.41) is 0. The van der Waals surface area contributed by atoms with Crippen LogP contribution in [0.1, 0.15) is 37.0 Å². The van der Waals surface area contributed by atoms with Crippen LogP contribution in [0.5, 0.6) is 0 Å². The molecular weight excluding hydrogens is 252 g/mol. The minimum atomic E-state index is 0.359. The number of hydrogen-bond donors (Lipinski definition) is 0. The van der Waals surface area contributed by atoms with Gasteiger partial charge in [-0.15, -0.1) is 0 Å². The first-order valence-electron chi connectivity index (χ1n) is 7.83. The molecule has 0 radical (unpaired) electrons. The van der Waals surface area contributed by atoms with Crippen molar-refractivity contribution in [3.8, 4) is 11.1 Å². The summed E-state index contributed by atoms with van der Waals surface area (Å²) in [6.07, 6.45) is 4.69. The lowest BCUT2D eigenvalue weighted by molar-refractivity contribution is 0.670. The fourth-order valence-electron chi connectivity index (χ4n) is 4.36. The molecule has 3 aliphatic rings. The second-order valence-corrected chi connectivity index (χ2v) is 6.97. The van der Waals surface area contributed by atoms with Crippen LogP contribution < -0.4 is 0 Å². The molecule has 2 aromatic rings. The summed E-state index contributed by atoms with van der Waals surface area (Å²) in [6, 6.07) is 15.7. The van der Waals surface area contributed by atoms with E-state index in [1.165, 1.54) is 33.4 Å². The van der Waals surface area contributed by atoms with Crippen LogP contribution in [0.15, 0.2) is 59.7 Å². The number of benzene rings is 2. The van der Waals surface area contributed by atoms with Crippen molar-refractivity contribution in [1.29, 1.82) is 0 Å². The lowest BCUT2D eigenvalue weighted by atomic mass is 9.88. The molecule has 102 valence electrons. The molecule has 0 spiro atoms. The van der Waals surface area contributed by atoms with Crippen LogP contribution in [0.4, 0.5) is 0 Å². The normalized spacial score (nSPS) is 20.0. The number of fused-ring (bicyclic) bond motifs is 3. The van der Waals surface area contributed by atoms with Gasteiger partial charge in [0.15, 0.2) is 0 Å². The van der Waals surface area contributed by atoms with Gasteiger partial charge in [0.1, 0.15) is 0 Å². The van der Waals surface area contributed by atoms with Crippen LogP contribution >= 0.6 is 0 Å². The van der Waals surface area contributed by atoms with E-state index in [-0.39, 0.29) is 0 Å². The number of hydrogen-bond acceptors (Lipinski definition) is 0. The van der Waals surface area contributed by atoms with Gasteiger partial charge < -0.3 is 0 Å². The van der Waals surface area contributed by atoms with Crippen molar-refractivity contribution in [2.24, 2.45) is 5.41 Å². The lowest BCUT2D eigenvalue weighted by Crippen LogP contribution is -2.00. The summed E-state index contributed by atoms with van der Waals surface area (Å²) < 4.78 is 0. The highest BCUT2D eigenvalue weighted by Crippen LogP contribution is 2.63. The van der Waals surface area contributed by atoms with Crippen molar-refractivity contribution < 1.29 is 0 Å². The lowest BCUT2D eigenvalue weighted by Gasteiger charge is -2.15. The van der Waals surface area contributed by atoms with Crippen LogP contribution in [-0.2, 0) is 6.42 Å². The SMILES string of the molecule is CC1(C)C2=C1C(c1cccc3c1Cc1ccccc1-3)=CC2. The fraction of sp³-hybridized carbons (Fsp3) is 0.238. The molecule has 0 bridgehead atoms. The molecule has 0 nitrogen and oxygen atoms in total. The molecule has 0 N–H and O–H groups in total. The Labute approximate surface area is 125 Å². The maximum Gasteiger partial charge on any atom is 0.0121 e.